The molecule has 1 saturated carbocycles. The Bertz CT molecular complexity index is 426. The summed E-state index contributed by atoms with van der Waals surface area (Å²) in [7, 11) is 0. The van der Waals surface area contributed by atoms with Gasteiger partial charge in [-0.3, -0.25) is 4.79 Å². The Morgan fingerprint density at radius 2 is 2.12 bits per heavy atom. The molecular weight excluding hydrogens is 198 g/mol. The predicted octanol–water partition coefficient (Wildman–Crippen LogP) is 2.88. The van der Waals surface area contributed by atoms with Gasteiger partial charge in [-0.2, -0.15) is 0 Å². The summed E-state index contributed by atoms with van der Waals surface area (Å²) < 4.78 is 0. The molecule has 0 radical (unpaired) electrons. The molecule has 0 N–H and O–H groups in total. The smallest absolute Gasteiger partial charge is 0.161 e. The summed E-state index contributed by atoms with van der Waals surface area (Å²) in [6.07, 6.45) is 4.01. The van der Waals surface area contributed by atoms with Crippen LogP contribution in [0.4, 0.5) is 5.69 Å². The Morgan fingerprint density at radius 1 is 1.31 bits per heavy atom. The summed E-state index contributed by atoms with van der Waals surface area (Å²) >= 11 is 0. The molecule has 2 atom stereocenters. The second kappa shape index (κ2) is 3.62. The lowest BCUT2D eigenvalue weighted by Crippen LogP contribution is -2.32. The van der Waals surface area contributed by atoms with Gasteiger partial charge in [-0.1, -0.05) is 12.1 Å². The highest BCUT2D eigenvalue weighted by molar-refractivity contribution is 5.99. The van der Waals surface area contributed by atoms with E-state index in [4.69, 9.17) is 0 Å². The summed E-state index contributed by atoms with van der Waals surface area (Å²) in [5.41, 5.74) is 2.04. The first-order valence-electron chi connectivity index (χ1n) is 6.12. The normalized spacial score (nSPS) is 27.4. The summed E-state index contributed by atoms with van der Waals surface area (Å²) in [4.78, 5) is 14.1. The van der Waals surface area contributed by atoms with Gasteiger partial charge in [0, 0.05) is 23.8 Å². The average molecular weight is 215 g/mol. The maximum absolute atomic E-state index is 11.6. The van der Waals surface area contributed by atoms with Crippen LogP contribution in [-0.2, 0) is 0 Å². The molecule has 2 fully saturated rings. The number of carbonyl (C=O) groups is 1. The van der Waals surface area contributed by atoms with E-state index in [0.717, 1.165) is 23.7 Å². The number of carbonyl (C=O) groups excluding carboxylic acids is 1. The molecule has 1 aliphatic heterocycles. The molecule has 1 aliphatic carbocycles. The van der Waals surface area contributed by atoms with Gasteiger partial charge in [0.1, 0.15) is 0 Å². The minimum atomic E-state index is 0.179. The zero-order chi connectivity index (χ0) is 11.1. The topological polar surface area (TPSA) is 20.3 Å². The van der Waals surface area contributed by atoms with Gasteiger partial charge in [0.25, 0.3) is 0 Å². The van der Waals surface area contributed by atoms with E-state index in [1.165, 1.54) is 19.3 Å². The number of Topliss-reactive ketones (excluding diaryl/α,β-unsaturated/α-hetero) is 1. The number of fused-ring (bicyclic) bond motifs is 2. The summed E-state index contributed by atoms with van der Waals surface area (Å²) in [6.45, 7) is 2.81. The highest BCUT2D eigenvalue weighted by atomic mass is 16.1. The molecule has 1 aromatic rings. The molecule has 84 valence electrons. The van der Waals surface area contributed by atoms with E-state index in [1.807, 2.05) is 18.2 Å². The van der Waals surface area contributed by atoms with Gasteiger partial charge in [0.2, 0.25) is 0 Å². The fourth-order valence-electron chi connectivity index (χ4n) is 3.24. The molecule has 1 saturated heterocycles. The maximum atomic E-state index is 11.6. The van der Waals surface area contributed by atoms with E-state index >= 15 is 0 Å². The van der Waals surface area contributed by atoms with Crippen LogP contribution in [0.1, 0.15) is 36.5 Å². The van der Waals surface area contributed by atoms with E-state index in [9.17, 15) is 4.79 Å². The van der Waals surface area contributed by atoms with Gasteiger partial charge in [0.05, 0.1) is 0 Å². The van der Waals surface area contributed by atoms with Gasteiger partial charge >= 0.3 is 0 Å². The van der Waals surface area contributed by atoms with Gasteiger partial charge in [-0.15, -0.1) is 0 Å². The number of ketones is 1. The quantitative estimate of drug-likeness (QED) is 0.707. The van der Waals surface area contributed by atoms with Crippen LogP contribution in [0.5, 0.6) is 0 Å². The van der Waals surface area contributed by atoms with Crippen molar-refractivity contribution in [3.63, 3.8) is 0 Å². The van der Waals surface area contributed by atoms with E-state index in [2.05, 4.69) is 11.0 Å². The third-order valence-electron chi connectivity index (χ3n) is 4.00. The van der Waals surface area contributed by atoms with Crippen molar-refractivity contribution in [2.75, 3.05) is 11.4 Å². The number of para-hydroxylation sites is 1. The molecule has 2 heteroatoms. The van der Waals surface area contributed by atoms with Crippen molar-refractivity contribution in [2.45, 2.75) is 32.2 Å². The van der Waals surface area contributed by atoms with Crippen LogP contribution >= 0.6 is 0 Å². The lowest BCUT2D eigenvalue weighted by Gasteiger charge is -2.30. The van der Waals surface area contributed by atoms with Crippen LogP contribution < -0.4 is 4.90 Å². The van der Waals surface area contributed by atoms with Crippen molar-refractivity contribution in [1.29, 1.82) is 0 Å². The van der Waals surface area contributed by atoms with Crippen LogP contribution in [0.3, 0.4) is 0 Å². The third kappa shape index (κ3) is 1.44. The molecule has 2 bridgehead atoms. The van der Waals surface area contributed by atoms with Crippen LogP contribution in [-0.4, -0.2) is 18.4 Å². The monoisotopic (exact) mass is 215 g/mol. The molecule has 2 nitrogen and oxygen atoms in total. The first kappa shape index (κ1) is 9.88. The maximum Gasteiger partial charge on any atom is 0.161 e. The summed E-state index contributed by atoms with van der Waals surface area (Å²) in [6, 6.07) is 8.72. The van der Waals surface area contributed by atoms with Crippen LogP contribution in [0.25, 0.3) is 0 Å². The van der Waals surface area contributed by atoms with Crippen molar-refractivity contribution in [3.8, 4) is 0 Å². The molecule has 2 aliphatic rings. The Hall–Kier alpha value is -1.31. The Kier molecular flexibility index (Phi) is 2.23. The second-order valence-corrected chi connectivity index (χ2v) is 5.06. The molecular formula is C14H17NO. The van der Waals surface area contributed by atoms with Gasteiger partial charge in [0.15, 0.2) is 5.78 Å². The minimum absolute atomic E-state index is 0.179. The zero-order valence-electron chi connectivity index (χ0n) is 9.65. The molecule has 1 aromatic carbocycles. The number of rotatable bonds is 2. The lowest BCUT2D eigenvalue weighted by molar-refractivity contribution is 0.101. The first-order valence-corrected chi connectivity index (χ1v) is 6.12. The standard InChI is InChI=1S/C14H17NO/c1-10(16)13-4-2-3-5-14(13)15-9-11-6-7-12(15)8-11/h2-5,11-12H,6-9H2,1H3. The van der Waals surface area contributed by atoms with Crippen molar-refractivity contribution >= 4 is 11.5 Å². The van der Waals surface area contributed by atoms with Crippen molar-refractivity contribution in [3.05, 3.63) is 29.8 Å². The Balaban J connectivity index is 1.97. The SMILES string of the molecule is CC(=O)c1ccccc1N1CC2CCC1C2. The van der Waals surface area contributed by atoms with Crippen LogP contribution in [0, 0.1) is 5.92 Å². The van der Waals surface area contributed by atoms with Crippen molar-refractivity contribution in [2.24, 2.45) is 5.92 Å². The van der Waals surface area contributed by atoms with E-state index in [0.29, 0.717) is 6.04 Å². The number of benzene rings is 1. The number of hydrogen-bond acceptors (Lipinski definition) is 2. The lowest BCUT2D eigenvalue weighted by atomic mass is 10.1. The highest BCUT2D eigenvalue weighted by Gasteiger charge is 2.38. The fourth-order valence-corrected chi connectivity index (χ4v) is 3.24. The molecule has 1 heterocycles. The minimum Gasteiger partial charge on any atom is -0.368 e. The van der Waals surface area contributed by atoms with Gasteiger partial charge in [-0.05, 0) is 44.2 Å². The van der Waals surface area contributed by atoms with Gasteiger partial charge in [-0.25, -0.2) is 0 Å². The number of nitrogens with zero attached hydrogens (tertiary/aromatic N) is 1. The molecule has 0 amide bonds. The Morgan fingerprint density at radius 3 is 2.75 bits per heavy atom. The van der Waals surface area contributed by atoms with E-state index in [1.54, 1.807) is 6.92 Å². The molecule has 16 heavy (non-hydrogen) atoms. The largest absolute Gasteiger partial charge is 0.368 e. The van der Waals surface area contributed by atoms with Crippen molar-refractivity contribution < 1.29 is 4.79 Å². The fraction of sp³-hybridized carbons (Fsp3) is 0.500. The third-order valence-corrected chi connectivity index (χ3v) is 4.00. The molecule has 0 aromatic heterocycles. The molecule has 3 rings (SSSR count). The van der Waals surface area contributed by atoms with E-state index < -0.39 is 0 Å². The zero-order valence-corrected chi connectivity index (χ0v) is 9.65. The summed E-state index contributed by atoms with van der Waals surface area (Å²) in [5.74, 6) is 1.04. The molecule has 2 unspecified atom stereocenters. The van der Waals surface area contributed by atoms with Crippen LogP contribution in [0.2, 0.25) is 0 Å². The average Bonchev–Trinajstić information content (AvgIpc) is 2.90. The number of piperidine rings is 1. The second-order valence-electron chi connectivity index (χ2n) is 5.06. The summed E-state index contributed by atoms with van der Waals surface area (Å²) in [5, 5.41) is 0. The molecule has 0 spiro atoms. The number of anilines is 1. The van der Waals surface area contributed by atoms with E-state index in [-0.39, 0.29) is 5.78 Å². The van der Waals surface area contributed by atoms with Gasteiger partial charge < -0.3 is 4.90 Å². The van der Waals surface area contributed by atoms with Crippen LogP contribution in [0.15, 0.2) is 24.3 Å². The number of hydrogen-bond donors (Lipinski definition) is 0. The predicted molar refractivity (Wildman–Crippen MR) is 64.9 cm³/mol. The highest BCUT2D eigenvalue weighted by Crippen LogP contribution is 2.41. The Labute approximate surface area is 96.3 Å². The van der Waals surface area contributed by atoms with Crippen molar-refractivity contribution in [1.82, 2.24) is 0 Å². The first-order chi connectivity index (χ1) is 7.75.